The second-order valence-corrected chi connectivity index (χ2v) is 8.99. The van der Waals surface area contributed by atoms with E-state index in [0.29, 0.717) is 35.3 Å². The van der Waals surface area contributed by atoms with Crippen LogP contribution in [0, 0.1) is 23.2 Å². The number of rotatable bonds is 3. The third-order valence-electron chi connectivity index (χ3n) is 7.54. The van der Waals surface area contributed by atoms with E-state index < -0.39 is 0 Å². The molecule has 1 aromatic rings. The van der Waals surface area contributed by atoms with Crippen LogP contribution in [0.5, 0.6) is 5.75 Å². The van der Waals surface area contributed by atoms with Crippen molar-refractivity contribution in [1.82, 2.24) is 0 Å². The van der Waals surface area contributed by atoms with Crippen molar-refractivity contribution in [1.29, 1.82) is 0 Å². The minimum atomic E-state index is -0.159. The Morgan fingerprint density at radius 2 is 2.12 bits per heavy atom. The van der Waals surface area contributed by atoms with Gasteiger partial charge in [-0.3, -0.25) is 0 Å². The summed E-state index contributed by atoms with van der Waals surface area (Å²) in [4.78, 5) is 0. The molecule has 0 aromatic heterocycles. The Morgan fingerprint density at radius 3 is 2.92 bits per heavy atom. The Labute approximate surface area is 150 Å². The minimum absolute atomic E-state index is 0.0898. The minimum Gasteiger partial charge on any atom is -0.508 e. The highest BCUT2D eigenvalue weighted by atomic mass is 35.5. The predicted molar refractivity (Wildman–Crippen MR) is 97.6 cm³/mol. The number of aryl methyl sites for hydroxylation is 1. The molecule has 2 saturated carbocycles. The number of aliphatic hydroxyl groups excluding tert-OH is 1. The summed E-state index contributed by atoms with van der Waals surface area (Å²) in [7, 11) is 0. The maximum absolute atomic E-state index is 11.0. The molecule has 2 N–H and O–H groups in total. The van der Waals surface area contributed by atoms with Gasteiger partial charge in [-0.1, -0.05) is 13.0 Å². The van der Waals surface area contributed by atoms with Crippen LogP contribution in [0.3, 0.4) is 0 Å². The Morgan fingerprint density at radius 1 is 1.29 bits per heavy atom. The lowest BCUT2D eigenvalue weighted by Gasteiger charge is -2.50. The van der Waals surface area contributed by atoms with Crippen molar-refractivity contribution in [2.45, 2.75) is 63.9 Å². The van der Waals surface area contributed by atoms with E-state index in [2.05, 4.69) is 13.0 Å². The van der Waals surface area contributed by atoms with Gasteiger partial charge < -0.3 is 10.2 Å². The average molecular weight is 349 g/mol. The van der Waals surface area contributed by atoms with Crippen LogP contribution in [-0.4, -0.2) is 22.2 Å². The molecule has 0 heterocycles. The van der Waals surface area contributed by atoms with Crippen molar-refractivity contribution >= 4 is 11.6 Å². The molecule has 3 aliphatic carbocycles. The normalized spacial score (nSPS) is 40.7. The summed E-state index contributed by atoms with van der Waals surface area (Å²) in [6, 6.07) is 5.97. The highest BCUT2D eigenvalue weighted by Gasteiger charge is 2.57. The number of hydrogen-bond donors (Lipinski definition) is 2. The van der Waals surface area contributed by atoms with E-state index in [1.165, 1.54) is 30.4 Å². The number of fused-ring (bicyclic) bond motifs is 5. The molecule has 0 saturated heterocycles. The molecule has 0 unspecified atom stereocenters. The summed E-state index contributed by atoms with van der Waals surface area (Å²) < 4.78 is 0. The molecule has 0 amide bonds. The first kappa shape index (κ1) is 16.7. The topological polar surface area (TPSA) is 40.5 Å². The van der Waals surface area contributed by atoms with E-state index in [9.17, 15) is 10.2 Å². The van der Waals surface area contributed by atoms with Crippen LogP contribution in [0.2, 0.25) is 0 Å². The van der Waals surface area contributed by atoms with Gasteiger partial charge in [0.15, 0.2) is 0 Å². The second-order valence-electron chi connectivity index (χ2n) is 8.61. The van der Waals surface area contributed by atoms with Crippen LogP contribution in [0.4, 0.5) is 0 Å². The molecule has 3 aliphatic rings. The molecule has 132 valence electrons. The average Bonchev–Trinajstić information content (AvgIpc) is 2.84. The van der Waals surface area contributed by atoms with Gasteiger partial charge in [0.1, 0.15) is 5.75 Å². The molecule has 0 bridgehead atoms. The van der Waals surface area contributed by atoms with E-state index in [-0.39, 0.29) is 11.5 Å². The van der Waals surface area contributed by atoms with Gasteiger partial charge in [0.05, 0.1) is 6.10 Å². The maximum Gasteiger partial charge on any atom is 0.115 e. The van der Waals surface area contributed by atoms with E-state index >= 15 is 0 Å². The summed E-state index contributed by atoms with van der Waals surface area (Å²) in [6.07, 6.45) is 7.67. The van der Waals surface area contributed by atoms with Crippen LogP contribution < -0.4 is 0 Å². The summed E-state index contributed by atoms with van der Waals surface area (Å²) in [5, 5.41) is 20.8. The molecule has 2 fully saturated rings. The van der Waals surface area contributed by atoms with Crippen molar-refractivity contribution in [3.63, 3.8) is 0 Å². The first-order valence-corrected chi connectivity index (χ1v) is 10.1. The van der Waals surface area contributed by atoms with Crippen molar-refractivity contribution in [3.8, 4) is 5.75 Å². The van der Waals surface area contributed by atoms with Crippen LogP contribution >= 0.6 is 11.6 Å². The lowest BCUT2D eigenvalue weighted by Crippen LogP contribution is -2.44. The molecule has 2 nitrogen and oxygen atoms in total. The summed E-state index contributed by atoms with van der Waals surface area (Å²) >= 11 is 5.89. The number of halogens is 1. The molecule has 0 aliphatic heterocycles. The van der Waals surface area contributed by atoms with Crippen molar-refractivity contribution in [3.05, 3.63) is 29.3 Å². The van der Waals surface area contributed by atoms with Gasteiger partial charge in [0.25, 0.3) is 0 Å². The molecular formula is C21H29ClO2. The van der Waals surface area contributed by atoms with Gasteiger partial charge in [-0.2, -0.15) is 0 Å². The molecule has 0 spiro atoms. The highest BCUT2D eigenvalue weighted by Crippen LogP contribution is 2.62. The van der Waals surface area contributed by atoms with Gasteiger partial charge in [-0.25, -0.2) is 0 Å². The van der Waals surface area contributed by atoms with Crippen molar-refractivity contribution in [2.75, 3.05) is 5.88 Å². The third kappa shape index (κ3) is 2.49. The largest absolute Gasteiger partial charge is 0.508 e. The van der Waals surface area contributed by atoms with E-state index in [0.717, 1.165) is 25.7 Å². The second kappa shape index (κ2) is 6.21. The summed E-state index contributed by atoms with van der Waals surface area (Å²) in [6.45, 7) is 2.34. The number of benzene rings is 1. The zero-order valence-electron chi connectivity index (χ0n) is 14.5. The standard InChI is InChI=1S/C21H29ClO2/c1-21-9-8-17-16-7-5-15(23)11-13(16)4-6-18(17)19(21)12-14(20(21)24)3-2-10-22/h5,7,11,14,17-20,23-24H,2-4,6,8-10,12H2,1H3/t14-,17-,18-,19+,20+,21+/m1/s1. The molecule has 3 heteroatoms. The fourth-order valence-electron chi connectivity index (χ4n) is 6.34. The molecule has 1 aromatic carbocycles. The monoisotopic (exact) mass is 348 g/mol. The highest BCUT2D eigenvalue weighted by molar-refractivity contribution is 6.17. The maximum atomic E-state index is 11.0. The lowest BCUT2D eigenvalue weighted by molar-refractivity contribution is -0.0333. The van der Waals surface area contributed by atoms with Crippen LogP contribution in [0.25, 0.3) is 0 Å². The number of aliphatic hydroxyl groups is 1. The predicted octanol–water partition coefficient (Wildman–Crippen LogP) is 4.85. The van der Waals surface area contributed by atoms with Gasteiger partial charge in [0, 0.05) is 5.88 Å². The fraction of sp³-hybridized carbons (Fsp3) is 0.714. The first-order valence-electron chi connectivity index (χ1n) is 9.60. The molecule has 6 atom stereocenters. The fourth-order valence-corrected chi connectivity index (χ4v) is 6.49. The van der Waals surface area contributed by atoms with Crippen LogP contribution in [0.1, 0.15) is 62.5 Å². The van der Waals surface area contributed by atoms with Gasteiger partial charge in [0.2, 0.25) is 0 Å². The molecule has 4 rings (SSSR count). The molecule has 0 radical (unpaired) electrons. The number of aromatic hydroxyl groups is 1. The summed E-state index contributed by atoms with van der Waals surface area (Å²) in [5.74, 6) is 3.47. The third-order valence-corrected chi connectivity index (χ3v) is 7.80. The summed E-state index contributed by atoms with van der Waals surface area (Å²) in [5.41, 5.74) is 2.90. The van der Waals surface area contributed by atoms with Gasteiger partial charge >= 0.3 is 0 Å². The number of phenolic OH excluding ortho intramolecular Hbond substituents is 1. The van der Waals surface area contributed by atoms with Gasteiger partial charge in [-0.15, -0.1) is 11.6 Å². The number of hydrogen-bond acceptors (Lipinski definition) is 2. The van der Waals surface area contributed by atoms with Crippen molar-refractivity contribution in [2.24, 2.45) is 23.2 Å². The van der Waals surface area contributed by atoms with E-state index in [1.807, 2.05) is 12.1 Å². The smallest absolute Gasteiger partial charge is 0.115 e. The van der Waals surface area contributed by atoms with Crippen molar-refractivity contribution < 1.29 is 10.2 Å². The Balaban J connectivity index is 1.61. The number of alkyl halides is 1. The Bertz CT molecular complexity index is 616. The molecule has 24 heavy (non-hydrogen) atoms. The number of phenols is 1. The van der Waals surface area contributed by atoms with E-state index in [4.69, 9.17) is 11.6 Å². The Kier molecular flexibility index (Phi) is 4.33. The zero-order valence-corrected chi connectivity index (χ0v) is 15.3. The molecular weight excluding hydrogens is 320 g/mol. The van der Waals surface area contributed by atoms with Gasteiger partial charge in [-0.05, 0) is 97.3 Å². The van der Waals surface area contributed by atoms with Crippen LogP contribution in [-0.2, 0) is 6.42 Å². The Hall–Kier alpha value is -0.730. The quantitative estimate of drug-likeness (QED) is 0.766. The van der Waals surface area contributed by atoms with E-state index in [1.54, 1.807) is 0 Å². The first-order chi connectivity index (χ1) is 11.5. The SMILES string of the molecule is C[C@]12CC[C@@H]3c4ccc(O)cc4CC[C@H]3[C@@H]1C[C@@H](CCCCl)[C@@H]2O. The lowest BCUT2D eigenvalue weighted by atomic mass is 9.55. The van der Waals surface area contributed by atoms with Crippen LogP contribution in [0.15, 0.2) is 18.2 Å². The zero-order chi connectivity index (χ0) is 16.9.